The van der Waals surface area contributed by atoms with Crippen LogP contribution >= 0.6 is 11.6 Å². The molecular weight excluding hydrogens is 284 g/mol. The summed E-state index contributed by atoms with van der Waals surface area (Å²) in [7, 11) is -2.06. The first-order valence-electron chi connectivity index (χ1n) is 5.61. The van der Waals surface area contributed by atoms with Crippen LogP contribution in [0.25, 0.3) is 0 Å². The fourth-order valence-corrected chi connectivity index (χ4v) is 3.30. The largest absolute Gasteiger partial charge is 0.265 e. The zero-order valence-electron chi connectivity index (χ0n) is 10.3. The molecule has 4 nitrogen and oxygen atoms in total. The summed E-state index contributed by atoms with van der Waals surface area (Å²) in [6.45, 7) is 0.274. The van der Waals surface area contributed by atoms with Gasteiger partial charge < -0.3 is 0 Å². The van der Waals surface area contributed by atoms with Gasteiger partial charge in [-0.2, -0.15) is 4.31 Å². The van der Waals surface area contributed by atoms with Crippen LogP contribution in [-0.2, 0) is 16.6 Å². The molecule has 0 aliphatic heterocycles. The normalized spacial score (nSPS) is 11.7. The van der Waals surface area contributed by atoms with Gasteiger partial charge in [0.15, 0.2) is 0 Å². The standard InChI is InChI=1S/C13H13ClN2O2S/c1-16(10-11-6-8-15-9-7-11)19(17,18)13-5-3-2-4-12(13)14/h2-9H,10H2,1H3. The van der Waals surface area contributed by atoms with E-state index in [1.165, 1.54) is 17.4 Å². The smallest absolute Gasteiger partial charge is 0.244 e. The highest BCUT2D eigenvalue weighted by molar-refractivity contribution is 7.89. The van der Waals surface area contributed by atoms with E-state index in [-0.39, 0.29) is 16.5 Å². The topological polar surface area (TPSA) is 50.3 Å². The van der Waals surface area contributed by atoms with Gasteiger partial charge in [0, 0.05) is 26.0 Å². The van der Waals surface area contributed by atoms with Crippen LogP contribution in [0.2, 0.25) is 5.02 Å². The summed E-state index contributed by atoms with van der Waals surface area (Å²) < 4.78 is 26.0. The second kappa shape index (κ2) is 5.69. The van der Waals surface area contributed by atoms with E-state index < -0.39 is 10.0 Å². The number of halogens is 1. The zero-order valence-corrected chi connectivity index (χ0v) is 11.9. The highest BCUT2D eigenvalue weighted by Crippen LogP contribution is 2.24. The van der Waals surface area contributed by atoms with Crippen LogP contribution in [0.5, 0.6) is 0 Å². The molecular formula is C13H13ClN2O2S. The van der Waals surface area contributed by atoms with Gasteiger partial charge in [0.25, 0.3) is 0 Å². The Morgan fingerprint density at radius 3 is 2.42 bits per heavy atom. The number of hydrogen-bond acceptors (Lipinski definition) is 3. The van der Waals surface area contributed by atoms with Gasteiger partial charge in [-0.3, -0.25) is 4.98 Å². The second-order valence-corrected chi connectivity index (χ2v) is 6.47. The fourth-order valence-electron chi connectivity index (χ4n) is 1.65. The first kappa shape index (κ1) is 14.0. The van der Waals surface area contributed by atoms with Gasteiger partial charge in [-0.25, -0.2) is 8.42 Å². The van der Waals surface area contributed by atoms with E-state index in [9.17, 15) is 8.42 Å². The molecule has 100 valence electrons. The van der Waals surface area contributed by atoms with E-state index in [0.717, 1.165) is 5.56 Å². The van der Waals surface area contributed by atoms with Crippen LogP contribution in [0, 0.1) is 0 Å². The van der Waals surface area contributed by atoms with Gasteiger partial charge in [-0.15, -0.1) is 0 Å². The zero-order chi connectivity index (χ0) is 13.9. The van der Waals surface area contributed by atoms with Gasteiger partial charge in [0.1, 0.15) is 4.90 Å². The lowest BCUT2D eigenvalue weighted by atomic mass is 10.3. The van der Waals surface area contributed by atoms with Crippen molar-refractivity contribution in [3.8, 4) is 0 Å². The fraction of sp³-hybridized carbons (Fsp3) is 0.154. The van der Waals surface area contributed by atoms with E-state index in [0.29, 0.717) is 0 Å². The molecule has 0 bridgehead atoms. The van der Waals surface area contributed by atoms with Crippen molar-refractivity contribution in [3.63, 3.8) is 0 Å². The SMILES string of the molecule is CN(Cc1ccncc1)S(=O)(=O)c1ccccc1Cl. The average molecular weight is 297 g/mol. The van der Waals surface area contributed by atoms with Crippen LogP contribution in [0.4, 0.5) is 0 Å². The maximum atomic E-state index is 12.4. The molecule has 0 spiro atoms. The van der Waals surface area contributed by atoms with E-state index in [1.807, 2.05) is 0 Å². The van der Waals surface area contributed by atoms with Crippen molar-refractivity contribution in [3.05, 3.63) is 59.4 Å². The van der Waals surface area contributed by atoms with Crippen molar-refractivity contribution in [2.24, 2.45) is 0 Å². The lowest BCUT2D eigenvalue weighted by Crippen LogP contribution is -2.26. The molecule has 2 aromatic rings. The number of nitrogens with zero attached hydrogens (tertiary/aromatic N) is 2. The third-order valence-electron chi connectivity index (χ3n) is 2.68. The molecule has 0 saturated carbocycles. The Bertz CT molecular complexity index is 659. The number of rotatable bonds is 4. The molecule has 0 N–H and O–H groups in total. The van der Waals surface area contributed by atoms with E-state index in [1.54, 1.807) is 42.7 Å². The van der Waals surface area contributed by atoms with Gasteiger partial charge in [0.2, 0.25) is 10.0 Å². The molecule has 1 aromatic carbocycles. The molecule has 0 aliphatic carbocycles. The van der Waals surface area contributed by atoms with Crippen molar-refractivity contribution >= 4 is 21.6 Å². The lowest BCUT2D eigenvalue weighted by molar-refractivity contribution is 0.466. The van der Waals surface area contributed by atoms with Crippen molar-refractivity contribution in [1.82, 2.24) is 9.29 Å². The minimum absolute atomic E-state index is 0.119. The van der Waals surface area contributed by atoms with Gasteiger partial charge in [0.05, 0.1) is 5.02 Å². The molecule has 6 heteroatoms. The quantitative estimate of drug-likeness (QED) is 0.871. The number of pyridine rings is 1. The van der Waals surface area contributed by atoms with Crippen LogP contribution in [0.15, 0.2) is 53.7 Å². The second-order valence-electron chi connectivity index (χ2n) is 4.05. The molecule has 0 atom stereocenters. The summed E-state index contributed by atoms with van der Waals surface area (Å²) >= 11 is 5.94. The van der Waals surface area contributed by atoms with E-state index in [4.69, 9.17) is 11.6 Å². The average Bonchev–Trinajstić information content (AvgIpc) is 2.40. The third kappa shape index (κ3) is 3.12. The van der Waals surface area contributed by atoms with E-state index >= 15 is 0 Å². The molecule has 2 rings (SSSR count). The maximum absolute atomic E-state index is 12.4. The predicted molar refractivity (Wildman–Crippen MR) is 74.3 cm³/mol. The molecule has 0 radical (unpaired) electrons. The highest BCUT2D eigenvalue weighted by atomic mass is 35.5. The monoisotopic (exact) mass is 296 g/mol. The number of sulfonamides is 1. The van der Waals surface area contributed by atoms with Crippen LogP contribution < -0.4 is 0 Å². The summed E-state index contributed by atoms with van der Waals surface area (Å²) in [5.74, 6) is 0. The number of aromatic nitrogens is 1. The Labute approximate surface area is 117 Å². The summed E-state index contributed by atoms with van der Waals surface area (Å²) in [5.41, 5.74) is 0.869. The molecule has 0 saturated heterocycles. The first-order chi connectivity index (χ1) is 9.01. The van der Waals surface area contributed by atoms with E-state index in [2.05, 4.69) is 4.98 Å². The summed E-state index contributed by atoms with van der Waals surface area (Å²) in [4.78, 5) is 4.02. The van der Waals surface area contributed by atoms with Gasteiger partial charge >= 0.3 is 0 Å². The summed E-state index contributed by atoms with van der Waals surface area (Å²) in [6, 6.07) is 9.97. The highest BCUT2D eigenvalue weighted by Gasteiger charge is 2.23. The molecule has 19 heavy (non-hydrogen) atoms. The van der Waals surface area contributed by atoms with Crippen molar-refractivity contribution < 1.29 is 8.42 Å². The summed E-state index contributed by atoms with van der Waals surface area (Å²) in [5, 5.41) is 0.226. The Morgan fingerprint density at radius 1 is 1.16 bits per heavy atom. The van der Waals surface area contributed by atoms with Crippen molar-refractivity contribution in [2.45, 2.75) is 11.4 Å². The molecule has 1 heterocycles. The number of hydrogen-bond donors (Lipinski definition) is 0. The van der Waals surface area contributed by atoms with Crippen LogP contribution in [0.3, 0.4) is 0 Å². The maximum Gasteiger partial charge on any atom is 0.244 e. The Balaban J connectivity index is 2.28. The number of benzene rings is 1. The minimum Gasteiger partial charge on any atom is -0.265 e. The van der Waals surface area contributed by atoms with Gasteiger partial charge in [-0.1, -0.05) is 23.7 Å². The summed E-state index contributed by atoms with van der Waals surface area (Å²) in [6.07, 6.45) is 3.26. The Morgan fingerprint density at radius 2 is 1.79 bits per heavy atom. The van der Waals surface area contributed by atoms with Crippen LogP contribution in [-0.4, -0.2) is 24.8 Å². The molecule has 0 aliphatic rings. The Kier molecular flexibility index (Phi) is 4.19. The molecule has 1 aromatic heterocycles. The first-order valence-corrected chi connectivity index (χ1v) is 7.43. The van der Waals surface area contributed by atoms with Gasteiger partial charge in [-0.05, 0) is 29.8 Å². The van der Waals surface area contributed by atoms with Crippen molar-refractivity contribution in [1.29, 1.82) is 0 Å². The molecule has 0 fully saturated rings. The predicted octanol–water partition coefficient (Wildman–Crippen LogP) is 2.56. The van der Waals surface area contributed by atoms with Crippen molar-refractivity contribution in [2.75, 3.05) is 7.05 Å². The molecule has 0 amide bonds. The molecule has 0 unspecified atom stereocenters. The lowest BCUT2D eigenvalue weighted by Gasteiger charge is -2.17. The van der Waals surface area contributed by atoms with Crippen LogP contribution in [0.1, 0.15) is 5.56 Å². The third-order valence-corrected chi connectivity index (χ3v) is 4.98. The minimum atomic E-state index is -3.59. The Hall–Kier alpha value is -1.43.